The van der Waals surface area contributed by atoms with E-state index in [1.807, 2.05) is 6.92 Å². The van der Waals surface area contributed by atoms with Crippen LogP contribution in [-0.2, 0) is 17.8 Å². The molecule has 1 unspecified atom stereocenters. The molecule has 1 aliphatic heterocycles. The molecule has 0 bridgehead atoms. The van der Waals surface area contributed by atoms with Crippen LogP contribution in [0.4, 0.5) is 5.69 Å². The average Bonchev–Trinajstić information content (AvgIpc) is 2.54. The van der Waals surface area contributed by atoms with Crippen molar-refractivity contribution in [3.63, 3.8) is 0 Å². The summed E-state index contributed by atoms with van der Waals surface area (Å²) in [7, 11) is 0. The Morgan fingerprint density at radius 3 is 2.80 bits per heavy atom. The third-order valence-electron chi connectivity index (χ3n) is 3.05. The highest BCUT2D eigenvalue weighted by Crippen LogP contribution is 2.35. The SMILES string of the molecule is CCc1cc(CN)c2c(c1)C(C)C(=O)N2. The summed E-state index contributed by atoms with van der Waals surface area (Å²) >= 11 is 0. The van der Waals surface area contributed by atoms with Gasteiger partial charge in [0, 0.05) is 12.2 Å². The zero-order chi connectivity index (χ0) is 11.0. The number of carbonyl (C=O) groups excluding carboxylic acids is 1. The zero-order valence-corrected chi connectivity index (χ0v) is 9.13. The van der Waals surface area contributed by atoms with Crippen molar-refractivity contribution in [3.8, 4) is 0 Å². The maximum absolute atomic E-state index is 11.5. The molecule has 0 saturated heterocycles. The van der Waals surface area contributed by atoms with Crippen molar-refractivity contribution < 1.29 is 4.79 Å². The largest absolute Gasteiger partial charge is 0.326 e. The van der Waals surface area contributed by atoms with Crippen molar-refractivity contribution in [1.29, 1.82) is 0 Å². The molecule has 3 N–H and O–H groups in total. The third-order valence-corrected chi connectivity index (χ3v) is 3.05. The maximum Gasteiger partial charge on any atom is 0.231 e. The summed E-state index contributed by atoms with van der Waals surface area (Å²) in [6.07, 6.45) is 0.973. The first-order chi connectivity index (χ1) is 7.17. The molecule has 2 rings (SSSR count). The van der Waals surface area contributed by atoms with Gasteiger partial charge in [0.25, 0.3) is 0 Å². The van der Waals surface area contributed by atoms with Crippen molar-refractivity contribution in [1.82, 2.24) is 0 Å². The van der Waals surface area contributed by atoms with Crippen molar-refractivity contribution in [2.45, 2.75) is 32.7 Å². The molecule has 3 nitrogen and oxygen atoms in total. The highest BCUT2D eigenvalue weighted by atomic mass is 16.2. The Balaban J connectivity index is 2.57. The fourth-order valence-electron chi connectivity index (χ4n) is 2.03. The number of carbonyl (C=O) groups is 1. The number of hydrogen-bond acceptors (Lipinski definition) is 2. The van der Waals surface area contributed by atoms with Gasteiger partial charge in [-0.15, -0.1) is 0 Å². The molecule has 0 aliphatic carbocycles. The number of amides is 1. The van der Waals surface area contributed by atoms with Gasteiger partial charge < -0.3 is 11.1 Å². The summed E-state index contributed by atoms with van der Waals surface area (Å²) in [5.41, 5.74) is 10.0. The van der Waals surface area contributed by atoms with Gasteiger partial charge in [-0.25, -0.2) is 0 Å². The molecule has 1 atom stereocenters. The van der Waals surface area contributed by atoms with Crippen molar-refractivity contribution in [2.24, 2.45) is 5.73 Å². The molecular formula is C12H16N2O. The van der Waals surface area contributed by atoms with Crippen LogP contribution in [0.1, 0.15) is 36.5 Å². The number of hydrogen-bond donors (Lipinski definition) is 2. The third kappa shape index (κ3) is 1.53. The first-order valence-electron chi connectivity index (χ1n) is 5.34. The topological polar surface area (TPSA) is 55.1 Å². The van der Waals surface area contributed by atoms with Crippen LogP contribution in [-0.4, -0.2) is 5.91 Å². The molecule has 0 fully saturated rings. The van der Waals surface area contributed by atoms with Gasteiger partial charge in [0.1, 0.15) is 0 Å². The van der Waals surface area contributed by atoms with Crippen LogP contribution < -0.4 is 11.1 Å². The van der Waals surface area contributed by atoms with E-state index >= 15 is 0 Å². The lowest BCUT2D eigenvalue weighted by atomic mass is 9.96. The van der Waals surface area contributed by atoms with Gasteiger partial charge in [0.15, 0.2) is 0 Å². The lowest BCUT2D eigenvalue weighted by Gasteiger charge is -2.09. The predicted octanol–water partition coefficient (Wildman–Crippen LogP) is 1.76. The summed E-state index contributed by atoms with van der Waals surface area (Å²) in [5, 5.41) is 2.90. The molecule has 1 aromatic carbocycles. The fraction of sp³-hybridized carbons (Fsp3) is 0.417. The van der Waals surface area contributed by atoms with Crippen LogP contribution in [0.25, 0.3) is 0 Å². The molecule has 1 heterocycles. The predicted molar refractivity (Wildman–Crippen MR) is 60.8 cm³/mol. The minimum Gasteiger partial charge on any atom is -0.326 e. The van der Waals surface area contributed by atoms with E-state index in [0.29, 0.717) is 6.54 Å². The van der Waals surface area contributed by atoms with Crippen LogP contribution in [0.5, 0.6) is 0 Å². The Hall–Kier alpha value is -1.35. The van der Waals surface area contributed by atoms with Gasteiger partial charge in [0.2, 0.25) is 5.91 Å². The molecule has 0 spiro atoms. The van der Waals surface area contributed by atoms with E-state index in [1.54, 1.807) is 0 Å². The highest BCUT2D eigenvalue weighted by Gasteiger charge is 2.28. The van der Waals surface area contributed by atoms with E-state index in [-0.39, 0.29) is 11.8 Å². The van der Waals surface area contributed by atoms with Gasteiger partial charge in [-0.1, -0.05) is 19.1 Å². The van der Waals surface area contributed by atoms with Crippen LogP contribution >= 0.6 is 0 Å². The molecule has 1 aliphatic rings. The molecule has 80 valence electrons. The van der Waals surface area contributed by atoms with Crippen molar-refractivity contribution >= 4 is 11.6 Å². The van der Waals surface area contributed by atoms with E-state index in [0.717, 1.165) is 23.2 Å². The van der Waals surface area contributed by atoms with Gasteiger partial charge >= 0.3 is 0 Å². The summed E-state index contributed by atoms with van der Waals surface area (Å²) in [4.78, 5) is 11.5. The monoisotopic (exact) mass is 204 g/mol. The second-order valence-electron chi connectivity index (χ2n) is 3.99. The number of fused-ring (bicyclic) bond motifs is 1. The second-order valence-corrected chi connectivity index (χ2v) is 3.99. The van der Waals surface area contributed by atoms with E-state index in [4.69, 9.17) is 5.73 Å². The summed E-state index contributed by atoms with van der Waals surface area (Å²) in [6, 6.07) is 4.19. The summed E-state index contributed by atoms with van der Waals surface area (Å²) in [6.45, 7) is 4.51. The van der Waals surface area contributed by atoms with Crippen LogP contribution in [0.2, 0.25) is 0 Å². The Labute approximate surface area is 89.7 Å². The number of nitrogens with one attached hydrogen (secondary N) is 1. The smallest absolute Gasteiger partial charge is 0.231 e. The number of benzene rings is 1. The van der Waals surface area contributed by atoms with E-state index in [1.165, 1.54) is 5.56 Å². The Morgan fingerprint density at radius 2 is 2.20 bits per heavy atom. The Morgan fingerprint density at radius 1 is 1.47 bits per heavy atom. The quantitative estimate of drug-likeness (QED) is 0.771. The lowest BCUT2D eigenvalue weighted by molar-refractivity contribution is -0.116. The molecule has 0 saturated carbocycles. The van der Waals surface area contributed by atoms with Crippen molar-refractivity contribution in [3.05, 3.63) is 28.8 Å². The number of aryl methyl sites for hydroxylation is 1. The van der Waals surface area contributed by atoms with E-state index < -0.39 is 0 Å². The van der Waals surface area contributed by atoms with Gasteiger partial charge in [-0.3, -0.25) is 4.79 Å². The minimum absolute atomic E-state index is 0.0446. The van der Waals surface area contributed by atoms with Crippen molar-refractivity contribution in [2.75, 3.05) is 5.32 Å². The molecule has 3 heteroatoms. The molecular weight excluding hydrogens is 188 g/mol. The van der Waals surface area contributed by atoms with Crippen LogP contribution in [0, 0.1) is 0 Å². The first kappa shape index (κ1) is 10.2. The maximum atomic E-state index is 11.5. The van der Waals surface area contributed by atoms with E-state index in [2.05, 4.69) is 24.4 Å². The number of rotatable bonds is 2. The van der Waals surface area contributed by atoms with Gasteiger partial charge in [0.05, 0.1) is 5.92 Å². The first-order valence-corrected chi connectivity index (χ1v) is 5.34. The van der Waals surface area contributed by atoms with Crippen LogP contribution in [0.3, 0.4) is 0 Å². The van der Waals surface area contributed by atoms with Gasteiger partial charge in [-0.2, -0.15) is 0 Å². The zero-order valence-electron chi connectivity index (χ0n) is 9.13. The molecule has 15 heavy (non-hydrogen) atoms. The average molecular weight is 204 g/mol. The Bertz CT molecular complexity index is 412. The number of nitrogens with two attached hydrogens (primary N) is 1. The van der Waals surface area contributed by atoms with E-state index in [9.17, 15) is 4.79 Å². The molecule has 1 aromatic rings. The van der Waals surface area contributed by atoms with Gasteiger partial charge in [-0.05, 0) is 30.0 Å². The summed E-state index contributed by atoms with van der Waals surface area (Å²) in [5.74, 6) is 0.0322. The minimum atomic E-state index is -0.0446. The molecule has 0 aromatic heterocycles. The number of anilines is 1. The Kier molecular flexibility index (Phi) is 2.49. The second kappa shape index (κ2) is 3.66. The van der Waals surface area contributed by atoms with Crippen LogP contribution in [0.15, 0.2) is 12.1 Å². The fourth-order valence-corrected chi connectivity index (χ4v) is 2.03. The highest BCUT2D eigenvalue weighted by molar-refractivity contribution is 6.03. The summed E-state index contributed by atoms with van der Waals surface area (Å²) < 4.78 is 0. The molecule has 1 amide bonds. The normalized spacial score (nSPS) is 18.9. The molecule has 0 radical (unpaired) electrons. The standard InChI is InChI=1S/C12H16N2O/c1-3-8-4-9(6-13)11-10(5-8)7(2)12(15)14-11/h4-5,7H,3,6,13H2,1-2H3,(H,14,15). The lowest BCUT2D eigenvalue weighted by Crippen LogP contribution is -2.09.